The second-order valence-electron chi connectivity index (χ2n) is 1.08. The molecule has 9 heavy (non-hydrogen) atoms. The van der Waals surface area contributed by atoms with Gasteiger partial charge in [0, 0.05) is 13.8 Å². The van der Waals surface area contributed by atoms with Gasteiger partial charge in [-0.3, -0.25) is 10.4 Å². The van der Waals surface area contributed by atoms with E-state index >= 15 is 0 Å². The largest absolute Gasteiger partial charge is 0.275 e. The maximum atomic E-state index is 3.75. The number of hydrogen-bond donors (Lipinski definition) is 1. The Balaban J connectivity index is 0. The highest BCUT2D eigenvalue weighted by molar-refractivity contribution is 5.79. The van der Waals surface area contributed by atoms with E-state index in [9.17, 15) is 0 Å². The van der Waals surface area contributed by atoms with Crippen LogP contribution in [0, 0.1) is 0 Å². The van der Waals surface area contributed by atoms with Gasteiger partial charge < -0.3 is 0 Å². The topological polar surface area (TPSA) is 36.8 Å². The fourth-order valence-corrected chi connectivity index (χ4v) is 0.164. The lowest BCUT2D eigenvalue weighted by atomic mass is 10.7. The molecule has 0 amide bonds. The molecule has 0 fully saturated rings. The molecular weight excluding hydrogens is 114 g/mol. The molecule has 0 aliphatic rings. The third-order valence-corrected chi connectivity index (χ3v) is 0.576. The van der Waals surface area contributed by atoms with Crippen LogP contribution < -0.4 is 5.43 Å². The molecule has 0 aromatic carbocycles. The summed E-state index contributed by atoms with van der Waals surface area (Å²) >= 11 is 0. The van der Waals surface area contributed by atoms with Gasteiger partial charge in [0.25, 0.3) is 0 Å². The molecule has 0 rings (SSSR count). The van der Waals surface area contributed by atoms with Crippen molar-refractivity contribution in [1.29, 1.82) is 0 Å². The van der Waals surface area contributed by atoms with Crippen LogP contribution in [-0.2, 0) is 0 Å². The minimum Gasteiger partial charge on any atom is -0.275 e. The molecule has 0 unspecified atom stereocenters. The van der Waals surface area contributed by atoms with Gasteiger partial charge in [0.1, 0.15) is 5.84 Å². The lowest BCUT2D eigenvalue weighted by Crippen LogP contribution is -2.11. The standard InChI is InChI=1S/C4H9N3.C2H6/c1-4(5-2)7-6-3;1-2/h3H2,1-2H3,(H,5,7);1-2H3. The van der Waals surface area contributed by atoms with Gasteiger partial charge in [-0.25, -0.2) is 0 Å². The number of rotatable bonds is 1. The highest BCUT2D eigenvalue weighted by Gasteiger charge is 1.75. The van der Waals surface area contributed by atoms with Crippen molar-refractivity contribution in [3.05, 3.63) is 0 Å². The second-order valence-corrected chi connectivity index (χ2v) is 1.08. The summed E-state index contributed by atoms with van der Waals surface area (Å²) in [5.41, 5.74) is 2.56. The van der Waals surface area contributed by atoms with Crippen molar-refractivity contribution in [3.63, 3.8) is 0 Å². The Labute approximate surface area is 56.9 Å². The second kappa shape index (κ2) is 10.2. The summed E-state index contributed by atoms with van der Waals surface area (Å²) in [7, 11) is 1.69. The van der Waals surface area contributed by atoms with E-state index in [1.165, 1.54) is 0 Å². The molecule has 0 spiro atoms. The first-order valence-corrected chi connectivity index (χ1v) is 2.96. The molecule has 0 aromatic heterocycles. The molecule has 0 heterocycles. The van der Waals surface area contributed by atoms with Gasteiger partial charge in [0.05, 0.1) is 0 Å². The lowest BCUT2D eigenvalue weighted by molar-refractivity contribution is 1.02. The van der Waals surface area contributed by atoms with E-state index in [1.807, 2.05) is 20.8 Å². The Morgan fingerprint density at radius 3 is 2.00 bits per heavy atom. The van der Waals surface area contributed by atoms with Crippen LogP contribution in [0.3, 0.4) is 0 Å². The molecule has 0 saturated carbocycles. The number of hydrazone groups is 1. The van der Waals surface area contributed by atoms with E-state index < -0.39 is 0 Å². The van der Waals surface area contributed by atoms with Crippen molar-refractivity contribution in [2.24, 2.45) is 10.1 Å². The molecule has 3 nitrogen and oxygen atoms in total. The number of nitrogens with one attached hydrogen (secondary N) is 1. The van der Waals surface area contributed by atoms with Crippen LogP contribution >= 0.6 is 0 Å². The predicted octanol–water partition coefficient (Wildman–Crippen LogP) is 1.27. The maximum absolute atomic E-state index is 3.75. The Morgan fingerprint density at radius 2 is 1.89 bits per heavy atom. The zero-order valence-electron chi connectivity index (χ0n) is 6.60. The fraction of sp³-hybridized carbons (Fsp3) is 0.667. The van der Waals surface area contributed by atoms with Crippen LogP contribution in [0.2, 0.25) is 0 Å². The van der Waals surface area contributed by atoms with Crippen molar-refractivity contribution < 1.29 is 0 Å². The van der Waals surface area contributed by atoms with E-state index in [0.717, 1.165) is 5.84 Å². The minimum atomic E-state index is 0.773. The van der Waals surface area contributed by atoms with Gasteiger partial charge in [-0.1, -0.05) is 13.8 Å². The van der Waals surface area contributed by atoms with Gasteiger partial charge in [0.15, 0.2) is 0 Å². The fourth-order valence-electron chi connectivity index (χ4n) is 0.164. The normalized spacial score (nSPS) is 9.11. The van der Waals surface area contributed by atoms with Crippen LogP contribution in [0.5, 0.6) is 0 Å². The van der Waals surface area contributed by atoms with Gasteiger partial charge in [-0.2, -0.15) is 5.10 Å². The van der Waals surface area contributed by atoms with Crippen LogP contribution in [0.25, 0.3) is 0 Å². The van der Waals surface area contributed by atoms with E-state index in [4.69, 9.17) is 0 Å². The minimum absolute atomic E-state index is 0.773. The quantitative estimate of drug-likeness (QED) is 0.323. The number of aliphatic imine (C=N–C) groups is 1. The summed E-state index contributed by atoms with van der Waals surface area (Å²) in [6, 6.07) is 0. The number of nitrogens with zero attached hydrogens (tertiary/aromatic N) is 2. The first-order chi connectivity index (χ1) is 4.31. The Kier molecular flexibility index (Phi) is 12.5. The van der Waals surface area contributed by atoms with E-state index in [2.05, 4.69) is 22.2 Å². The first kappa shape index (κ1) is 11.0. The zero-order valence-corrected chi connectivity index (χ0v) is 6.60. The number of amidine groups is 1. The summed E-state index contributed by atoms with van der Waals surface area (Å²) < 4.78 is 0. The monoisotopic (exact) mass is 129 g/mol. The van der Waals surface area contributed by atoms with Crippen molar-refractivity contribution in [2.75, 3.05) is 7.05 Å². The molecule has 0 bridgehead atoms. The van der Waals surface area contributed by atoms with Crippen LogP contribution in [0.15, 0.2) is 10.1 Å². The van der Waals surface area contributed by atoms with E-state index in [-0.39, 0.29) is 0 Å². The zero-order chi connectivity index (χ0) is 7.70. The summed E-state index contributed by atoms with van der Waals surface area (Å²) in [5.74, 6) is 0.773. The Morgan fingerprint density at radius 1 is 1.44 bits per heavy atom. The van der Waals surface area contributed by atoms with Gasteiger partial charge in [-0.05, 0) is 6.92 Å². The summed E-state index contributed by atoms with van der Waals surface area (Å²) in [6.45, 7) is 9.02. The molecule has 54 valence electrons. The molecule has 0 atom stereocenters. The highest BCUT2D eigenvalue weighted by Crippen LogP contribution is 1.63. The Hall–Kier alpha value is -0.860. The lowest BCUT2D eigenvalue weighted by Gasteiger charge is -1.91. The average Bonchev–Trinajstić information content (AvgIpc) is 1.93. The molecule has 1 N–H and O–H groups in total. The molecule has 0 radical (unpaired) electrons. The maximum Gasteiger partial charge on any atom is 0.113 e. The van der Waals surface area contributed by atoms with Gasteiger partial charge >= 0.3 is 0 Å². The predicted molar refractivity (Wildman–Crippen MR) is 43.1 cm³/mol. The summed E-state index contributed by atoms with van der Waals surface area (Å²) in [5, 5.41) is 3.38. The van der Waals surface area contributed by atoms with Crippen LogP contribution in [-0.4, -0.2) is 19.6 Å². The summed E-state index contributed by atoms with van der Waals surface area (Å²) in [6.07, 6.45) is 0. The molecule has 0 aliphatic heterocycles. The van der Waals surface area contributed by atoms with Crippen LogP contribution in [0.4, 0.5) is 0 Å². The van der Waals surface area contributed by atoms with Crippen molar-refractivity contribution in [2.45, 2.75) is 20.8 Å². The molecule has 0 saturated heterocycles. The average molecular weight is 129 g/mol. The van der Waals surface area contributed by atoms with Gasteiger partial charge in [-0.15, -0.1) is 0 Å². The number of hydrogen-bond acceptors (Lipinski definition) is 2. The summed E-state index contributed by atoms with van der Waals surface area (Å²) in [4.78, 5) is 3.75. The molecule has 3 heteroatoms. The third-order valence-electron chi connectivity index (χ3n) is 0.576. The van der Waals surface area contributed by atoms with E-state index in [0.29, 0.717) is 0 Å². The Bertz CT molecular complexity index is 86.3. The van der Waals surface area contributed by atoms with Crippen molar-refractivity contribution in [3.8, 4) is 0 Å². The molecular formula is C6H15N3. The highest BCUT2D eigenvalue weighted by atomic mass is 15.3. The van der Waals surface area contributed by atoms with Gasteiger partial charge in [0.2, 0.25) is 0 Å². The molecule has 0 aliphatic carbocycles. The van der Waals surface area contributed by atoms with Crippen molar-refractivity contribution >= 4 is 12.6 Å². The van der Waals surface area contributed by atoms with Crippen molar-refractivity contribution in [1.82, 2.24) is 5.43 Å². The first-order valence-electron chi connectivity index (χ1n) is 2.96. The third kappa shape index (κ3) is 11.0. The molecule has 0 aromatic rings. The smallest absolute Gasteiger partial charge is 0.113 e. The SMILES string of the molecule is C=NNC(C)=NC.CC. The van der Waals surface area contributed by atoms with Crippen LogP contribution in [0.1, 0.15) is 20.8 Å². The van der Waals surface area contributed by atoms with E-state index in [1.54, 1.807) is 7.05 Å².